The first-order valence-corrected chi connectivity index (χ1v) is 12.6. The summed E-state index contributed by atoms with van der Waals surface area (Å²) in [5, 5.41) is 0.365. The molecule has 3 aromatic carbocycles. The van der Waals surface area contributed by atoms with Gasteiger partial charge in [0, 0.05) is 27.8 Å². The number of hydrogen-bond donors (Lipinski definition) is 0. The summed E-state index contributed by atoms with van der Waals surface area (Å²) in [5.74, 6) is -0.676. The Morgan fingerprint density at radius 3 is 2.46 bits per heavy atom. The average molecular weight is 558 g/mol. The normalized spacial score (nSPS) is 16.8. The van der Waals surface area contributed by atoms with Crippen molar-refractivity contribution < 1.29 is 37.7 Å². The number of amides is 1. The number of methoxy groups -OCH3 is 3. The van der Waals surface area contributed by atoms with Crippen molar-refractivity contribution >= 4 is 29.2 Å². The molecule has 0 aliphatic carbocycles. The smallest absolute Gasteiger partial charge is 0.308 e. The van der Waals surface area contributed by atoms with Gasteiger partial charge in [-0.15, -0.1) is 0 Å². The minimum Gasteiger partial charge on any atom is -0.497 e. The molecule has 1 heterocycles. The van der Waals surface area contributed by atoms with Crippen molar-refractivity contribution in [1.82, 2.24) is 0 Å². The van der Waals surface area contributed by atoms with Gasteiger partial charge in [-0.3, -0.25) is 9.59 Å². The summed E-state index contributed by atoms with van der Waals surface area (Å²) in [6, 6.07) is 14.8. The van der Waals surface area contributed by atoms with Crippen LogP contribution in [0.5, 0.6) is 17.2 Å². The number of nitrogens with zero attached hydrogens (tertiary/aromatic N) is 1. The molecule has 0 fully saturated rings. The Morgan fingerprint density at radius 1 is 1.00 bits per heavy atom. The SMILES string of the molecule is CCOC(=O)C[C@@H]1O[C@@H](c2cccc(OC)c2F)c2cc(Cl)ccc2N(Cc2ccc(OC)cc2OC)C1=O. The summed E-state index contributed by atoms with van der Waals surface area (Å²) in [5.41, 5.74) is 1.69. The molecule has 1 aliphatic rings. The van der Waals surface area contributed by atoms with Crippen molar-refractivity contribution in [3.8, 4) is 17.2 Å². The molecule has 1 amide bonds. The van der Waals surface area contributed by atoms with Gasteiger partial charge in [0.05, 0.1) is 46.6 Å². The number of carbonyl (C=O) groups is 2. The number of halogens is 2. The molecule has 3 aromatic rings. The molecule has 0 saturated heterocycles. The Labute approximate surface area is 231 Å². The molecule has 0 N–H and O–H groups in total. The number of anilines is 1. The van der Waals surface area contributed by atoms with E-state index < -0.39 is 29.9 Å². The van der Waals surface area contributed by atoms with Crippen LogP contribution in [0.4, 0.5) is 10.1 Å². The average Bonchev–Trinajstić information content (AvgIpc) is 3.04. The third-order valence-corrected chi connectivity index (χ3v) is 6.62. The molecule has 0 radical (unpaired) electrons. The van der Waals surface area contributed by atoms with E-state index in [-0.39, 0.29) is 30.9 Å². The molecule has 0 saturated carbocycles. The van der Waals surface area contributed by atoms with E-state index in [4.69, 9.17) is 35.3 Å². The van der Waals surface area contributed by atoms with Crippen LogP contribution in [-0.2, 0) is 25.6 Å². The fourth-order valence-corrected chi connectivity index (χ4v) is 4.70. The molecule has 0 bridgehead atoms. The van der Waals surface area contributed by atoms with Crippen LogP contribution >= 0.6 is 11.6 Å². The summed E-state index contributed by atoms with van der Waals surface area (Å²) >= 11 is 6.38. The van der Waals surface area contributed by atoms with Crippen LogP contribution in [0.15, 0.2) is 54.6 Å². The zero-order valence-corrected chi connectivity index (χ0v) is 22.8. The second-order valence-corrected chi connectivity index (χ2v) is 9.12. The number of carbonyl (C=O) groups excluding carboxylic acids is 2. The van der Waals surface area contributed by atoms with Gasteiger partial charge in [0.15, 0.2) is 11.6 Å². The van der Waals surface area contributed by atoms with E-state index in [2.05, 4.69) is 0 Å². The first kappa shape index (κ1) is 28.2. The second-order valence-electron chi connectivity index (χ2n) is 8.68. The van der Waals surface area contributed by atoms with Gasteiger partial charge in [0.2, 0.25) is 0 Å². The lowest BCUT2D eigenvalue weighted by Gasteiger charge is -2.26. The lowest BCUT2D eigenvalue weighted by Crippen LogP contribution is -2.40. The third-order valence-electron chi connectivity index (χ3n) is 6.38. The van der Waals surface area contributed by atoms with Crippen molar-refractivity contribution in [3.05, 3.63) is 82.1 Å². The maximum absolute atomic E-state index is 15.5. The van der Waals surface area contributed by atoms with Gasteiger partial charge in [-0.2, -0.15) is 0 Å². The quantitative estimate of drug-likeness (QED) is 0.322. The fraction of sp³-hybridized carbons (Fsp3) is 0.310. The molecule has 39 heavy (non-hydrogen) atoms. The van der Waals surface area contributed by atoms with Crippen molar-refractivity contribution in [3.63, 3.8) is 0 Å². The fourth-order valence-electron chi connectivity index (χ4n) is 4.52. The Kier molecular flexibility index (Phi) is 8.93. The highest BCUT2D eigenvalue weighted by Crippen LogP contribution is 2.43. The summed E-state index contributed by atoms with van der Waals surface area (Å²) in [6.45, 7) is 1.87. The highest BCUT2D eigenvalue weighted by atomic mass is 35.5. The molecule has 8 nitrogen and oxygen atoms in total. The number of hydrogen-bond acceptors (Lipinski definition) is 7. The Balaban J connectivity index is 1.88. The first-order chi connectivity index (χ1) is 18.8. The lowest BCUT2D eigenvalue weighted by atomic mass is 9.98. The standard InChI is InChI=1S/C29H29ClFNO7/c1-5-38-26(33)15-25-29(34)32(16-17-9-11-19(35-2)14-24(17)37-4)22-12-10-18(30)13-21(22)28(39-25)20-7-6-8-23(36-3)27(20)31/h6-14,25,28H,5,15-16H2,1-4H3/t25-,28-/m0/s1. The van der Waals surface area contributed by atoms with Crippen LogP contribution in [0.25, 0.3) is 0 Å². The molecule has 2 atom stereocenters. The van der Waals surface area contributed by atoms with E-state index in [1.165, 1.54) is 25.2 Å². The van der Waals surface area contributed by atoms with E-state index >= 15 is 4.39 Å². The number of fused-ring (bicyclic) bond motifs is 1. The van der Waals surface area contributed by atoms with Crippen LogP contribution in [0.2, 0.25) is 5.02 Å². The Morgan fingerprint density at radius 2 is 1.77 bits per heavy atom. The third kappa shape index (κ3) is 5.94. The predicted octanol–water partition coefficient (Wildman–Crippen LogP) is 5.48. The second kappa shape index (κ2) is 12.4. The maximum Gasteiger partial charge on any atom is 0.308 e. The van der Waals surface area contributed by atoms with Crippen molar-refractivity contribution in [1.29, 1.82) is 0 Å². The van der Waals surface area contributed by atoms with Gasteiger partial charge in [-0.1, -0.05) is 23.7 Å². The first-order valence-electron chi connectivity index (χ1n) is 12.3. The van der Waals surface area contributed by atoms with Crippen LogP contribution in [-0.4, -0.2) is 45.9 Å². The molecule has 4 rings (SSSR count). The van der Waals surface area contributed by atoms with Crippen LogP contribution in [0.1, 0.15) is 36.1 Å². The van der Waals surface area contributed by atoms with Crippen LogP contribution in [0, 0.1) is 5.82 Å². The van der Waals surface area contributed by atoms with Crippen molar-refractivity contribution in [2.45, 2.75) is 32.1 Å². The molecule has 0 aromatic heterocycles. The Bertz CT molecular complexity index is 1370. The zero-order valence-electron chi connectivity index (χ0n) is 22.0. The van der Waals surface area contributed by atoms with Gasteiger partial charge >= 0.3 is 5.97 Å². The topological polar surface area (TPSA) is 83.5 Å². The van der Waals surface area contributed by atoms with Crippen molar-refractivity contribution in [2.75, 3.05) is 32.8 Å². The molecular weight excluding hydrogens is 529 g/mol. The monoisotopic (exact) mass is 557 g/mol. The highest BCUT2D eigenvalue weighted by Gasteiger charge is 2.39. The summed E-state index contributed by atoms with van der Waals surface area (Å²) < 4.78 is 42.9. The minimum atomic E-state index is -1.28. The van der Waals surface area contributed by atoms with Crippen LogP contribution in [0.3, 0.4) is 0 Å². The number of esters is 1. The van der Waals surface area contributed by atoms with Gasteiger partial charge in [-0.05, 0) is 43.3 Å². The minimum absolute atomic E-state index is 0.0111. The highest BCUT2D eigenvalue weighted by molar-refractivity contribution is 6.30. The van der Waals surface area contributed by atoms with Crippen LogP contribution < -0.4 is 19.1 Å². The lowest BCUT2D eigenvalue weighted by molar-refractivity contribution is -0.151. The predicted molar refractivity (Wildman–Crippen MR) is 143 cm³/mol. The van der Waals surface area contributed by atoms with E-state index in [0.29, 0.717) is 33.3 Å². The number of benzene rings is 3. The number of rotatable bonds is 9. The largest absolute Gasteiger partial charge is 0.497 e. The summed E-state index contributed by atoms with van der Waals surface area (Å²) in [6.07, 6.45) is -2.73. The summed E-state index contributed by atoms with van der Waals surface area (Å²) in [7, 11) is 4.42. The molecule has 0 spiro atoms. The zero-order chi connectivity index (χ0) is 28.1. The molecular formula is C29H29ClFNO7. The molecule has 10 heteroatoms. The molecule has 1 aliphatic heterocycles. The maximum atomic E-state index is 15.5. The number of ether oxygens (including phenoxy) is 5. The van der Waals surface area contributed by atoms with Gasteiger partial charge in [0.25, 0.3) is 5.91 Å². The molecule has 0 unspecified atom stereocenters. The summed E-state index contributed by atoms with van der Waals surface area (Å²) in [4.78, 5) is 28.0. The van der Waals surface area contributed by atoms with Gasteiger partial charge in [0.1, 0.15) is 23.7 Å². The van der Waals surface area contributed by atoms with Crippen molar-refractivity contribution in [2.24, 2.45) is 0 Å². The Hall–Kier alpha value is -3.82. The van der Waals surface area contributed by atoms with E-state index in [9.17, 15) is 9.59 Å². The van der Waals surface area contributed by atoms with Gasteiger partial charge in [-0.25, -0.2) is 4.39 Å². The molecule has 206 valence electrons. The van der Waals surface area contributed by atoms with E-state index in [1.54, 1.807) is 62.6 Å². The van der Waals surface area contributed by atoms with E-state index in [0.717, 1.165) is 0 Å². The van der Waals surface area contributed by atoms with Gasteiger partial charge < -0.3 is 28.6 Å². The van der Waals surface area contributed by atoms with E-state index in [1.807, 2.05) is 0 Å².